The van der Waals surface area contributed by atoms with Gasteiger partial charge in [-0.05, 0) is 57.6 Å². The van der Waals surface area contributed by atoms with E-state index in [2.05, 4.69) is 36.8 Å². The van der Waals surface area contributed by atoms with Gasteiger partial charge in [-0.15, -0.1) is 0 Å². The molecular formula is C20H33N3O2. The number of ether oxygens (including phenoxy) is 1. The van der Waals surface area contributed by atoms with Crippen LogP contribution in [0.1, 0.15) is 53.0 Å². The molecule has 1 fully saturated rings. The van der Waals surface area contributed by atoms with E-state index in [1.54, 1.807) is 0 Å². The van der Waals surface area contributed by atoms with Gasteiger partial charge in [-0.25, -0.2) is 9.78 Å². The molecule has 1 amide bonds. The van der Waals surface area contributed by atoms with Crippen LogP contribution in [-0.2, 0) is 11.2 Å². The lowest BCUT2D eigenvalue weighted by Gasteiger charge is -2.38. The average molecular weight is 348 g/mol. The molecule has 1 saturated heterocycles. The number of likely N-dealkylation sites (tertiary alicyclic amines) is 1. The Balaban J connectivity index is 1.98. The number of anilines is 1. The molecule has 1 aromatic heterocycles. The van der Waals surface area contributed by atoms with E-state index in [9.17, 15) is 4.79 Å². The van der Waals surface area contributed by atoms with Gasteiger partial charge in [0, 0.05) is 32.4 Å². The van der Waals surface area contributed by atoms with E-state index < -0.39 is 5.60 Å². The minimum absolute atomic E-state index is 0.202. The number of rotatable bonds is 4. The van der Waals surface area contributed by atoms with Gasteiger partial charge in [0.05, 0.1) is 0 Å². The maximum Gasteiger partial charge on any atom is 0.410 e. The maximum atomic E-state index is 12.2. The van der Waals surface area contributed by atoms with Crippen molar-refractivity contribution in [3.05, 3.63) is 23.9 Å². The van der Waals surface area contributed by atoms with E-state index in [1.807, 2.05) is 37.9 Å². The summed E-state index contributed by atoms with van der Waals surface area (Å²) in [6, 6.07) is 4.59. The van der Waals surface area contributed by atoms with Crippen LogP contribution in [0.5, 0.6) is 0 Å². The number of nitrogens with zero attached hydrogens (tertiary/aromatic N) is 3. The predicted octanol–water partition coefficient (Wildman–Crippen LogP) is 4.12. The summed E-state index contributed by atoms with van der Waals surface area (Å²) in [4.78, 5) is 21.0. The van der Waals surface area contributed by atoms with Gasteiger partial charge in [0.25, 0.3) is 0 Å². The van der Waals surface area contributed by atoms with E-state index >= 15 is 0 Å². The Hall–Kier alpha value is -1.78. The lowest BCUT2D eigenvalue weighted by atomic mass is 10.0. The predicted molar refractivity (Wildman–Crippen MR) is 102 cm³/mol. The molecule has 140 valence electrons. The number of hydrogen-bond acceptors (Lipinski definition) is 4. The van der Waals surface area contributed by atoms with Crippen molar-refractivity contribution in [1.82, 2.24) is 9.88 Å². The monoisotopic (exact) mass is 347 g/mol. The highest BCUT2D eigenvalue weighted by Gasteiger charge is 2.29. The number of piperidine rings is 1. The summed E-state index contributed by atoms with van der Waals surface area (Å²) in [6.07, 6.45) is 4.57. The van der Waals surface area contributed by atoms with E-state index in [-0.39, 0.29) is 6.09 Å². The molecule has 25 heavy (non-hydrogen) atoms. The van der Waals surface area contributed by atoms with Gasteiger partial charge in [-0.1, -0.05) is 19.9 Å². The number of aromatic nitrogens is 1. The zero-order valence-corrected chi connectivity index (χ0v) is 16.6. The second kappa shape index (κ2) is 8.07. The molecule has 0 N–H and O–H groups in total. The molecule has 1 aliphatic heterocycles. The van der Waals surface area contributed by atoms with Crippen molar-refractivity contribution in [2.45, 2.75) is 65.5 Å². The molecule has 2 heterocycles. The molecule has 0 unspecified atom stereocenters. The van der Waals surface area contributed by atoms with Gasteiger partial charge in [0.2, 0.25) is 0 Å². The fourth-order valence-electron chi connectivity index (χ4n) is 3.28. The molecule has 1 aliphatic rings. The molecule has 0 saturated carbocycles. The zero-order valence-electron chi connectivity index (χ0n) is 16.6. The molecule has 5 heteroatoms. The molecule has 0 atom stereocenters. The number of amides is 1. The quantitative estimate of drug-likeness (QED) is 0.822. The van der Waals surface area contributed by atoms with Crippen molar-refractivity contribution in [1.29, 1.82) is 0 Å². The normalized spacial score (nSPS) is 16.2. The fourth-order valence-corrected chi connectivity index (χ4v) is 3.28. The largest absolute Gasteiger partial charge is 0.444 e. The van der Waals surface area contributed by atoms with E-state index in [1.165, 1.54) is 5.56 Å². The highest BCUT2D eigenvalue weighted by molar-refractivity contribution is 5.68. The lowest BCUT2D eigenvalue weighted by molar-refractivity contribution is 0.0205. The van der Waals surface area contributed by atoms with Gasteiger partial charge in [0.1, 0.15) is 11.4 Å². The highest BCUT2D eigenvalue weighted by Crippen LogP contribution is 2.26. The van der Waals surface area contributed by atoms with Crippen molar-refractivity contribution in [2.24, 2.45) is 5.92 Å². The average Bonchev–Trinajstić information content (AvgIpc) is 2.53. The van der Waals surface area contributed by atoms with Crippen LogP contribution in [0.25, 0.3) is 0 Å². The zero-order chi connectivity index (χ0) is 18.6. The maximum absolute atomic E-state index is 12.2. The second-order valence-corrected chi connectivity index (χ2v) is 8.39. The first kappa shape index (κ1) is 19.5. The Morgan fingerprint density at radius 1 is 1.36 bits per heavy atom. The molecule has 1 aromatic rings. The minimum Gasteiger partial charge on any atom is -0.444 e. The summed E-state index contributed by atoms with van der Waals surface area (Å²) < 4.78 is 5.48. The lowest BCUT2D eigenvalue weighted by Crippen LogP contribution is -2.47. The second-order valence-electron chi connectivity index (χ2n) is 8.39. The van der Waals surface area contributed by atoms with Gasteiger partial charge >= 0.3 is 6.09 Å². The van der Waals surface area contributed by atoms with Gasteiger partial charge in [-0.2, -0.15) is 0 Å². The molecule has 0 spiro atoms. The molecule has 5 nitrogen and oxygen atoms in total. The van der Waals surface area contributed by atoms with Gasteiger partial charge < -0.3 is 14.5 Å². The van der Waals surface area contributed by atoms with Crippen LogP contribution in [0.3, 0.4) is 0 Å². The summed E-state index contributed by atoms with van der Waals surface area (Å²) in [5, 5.41) is 0. The van der Waals surface area contributed by atoms with Crippen LogP contribution >= 0.6 is 0 Å². The summed E-state index contributed by atoms with van der Waals surface area (Å²) in [6.45, 7) is 11.6. The summed E-state index contributed by atoms with van der Waals surface area (Å²) >= 11 is 0. The van der Waals surface area contributed by atoms with Crippen LogP contribution in [0.4, 0.5) is 10.6 Å². The summed E-state index contributed by atoms with van der Waals surface area (Å²) in [7, 11) is 2.12. The van der Waals surface area contributed by atoms with Crippen molar-refractivity contribution in [2.75, 3.05) is 25.0 Å². The number of carbonyl (C=O) groups excluding carboxylic acids is 1. The molecule has 0 bridgehead atoms. The first-order valence-electron chi connectivity index (χ1n) is 9.32. The molecule has 2 rings (SSSR count). The first-order valence-corrected chi connectivity index (χ1v) is 9.32. The van der Waals surface area contributed by atoms with Gasteiger partial charge in [-0.3, -0.25) is 0 Å². The molecule has 0 aromatic carbocycles. The van der Waals surface area contributed by atoms with Gasteiger partial charge in [0.15, 0.2) is 0 Å². The van der Waals surface area contributed by atoms with Crippen LogP contribution < -0.4 is 4.90 Å². The SMILES string of the molecule is CC(C)Cc1cccnc1N(C)C1CCN(C(=O)OC(C)(C)C)CC1. The van der Waals surface area contributed by atoms with Crippen LogP contribution in [0.15, 0.2) is 18.3 Å². The van der Waals surface area contributed by atoms with Crippen molar-refractivity contribution < 1.29 is 9.53 Å². The molecule has 0 radical (unpaired) electrons. The van der Waals surface area contributed by atoms with Crippen LogP contribution in [0, 0.1) is 5.92 Å². The van der Waals surface area contributed by atoms with E-state index in [0.717, 1.165) is 38.2 Å². The third-order valence-corrected chi connectivity index (χ3v) is 4.49. The Kier molecular flexibility index (Phi) is 6.31. The van der Waals surface area contributed by atoms with Crippen LogP contribution in [-0.4, -0.2) is 47.8 Å². The molecular weight excluding hydrogens is 314 g/mol. The first-order chi connectivity index (χ1) is 11.7. The smallest absolute Gasteiger partial charge is 0.410 e. The van der Waals surface area contributed by atoms with Crippen molar-refractivity contribution >= 4 is 11.9 Å². The third-order valence-electron chi connectivity index (χ3n) is 4.49. The Morgan fingerprint density at radius 3 is 2.56 bits per heavy atom. The van der Waals surface area contributed by atoms with E-state index in [4.69, 9.17) is 4.74 Å². The molecule has 0 aliphatic carbocycles. The number of pyridine rings is 1. The standard InChI is InChI=1S/C20H33N3O2/c1-15(2)14-16-8-7-11-21-18(16)22(6)17-9-12-23(13-10-17)19(24)25-20(3,4)5/h7-8,11,15,17H,9-10,12-14H2,1-6H3. The fraction of sp³-hybridized carbons (Fsp3) is 0.700. The third kappa shape index (κ3) is 5.62. The summed E-state index contributed by atoms with van der Waals surface area (Å²) in [5.41, 5.74) is 0.860. The van der Waals surface area contributed by atoms with E-state index in [0.29, 0.717) is 12.0 Å². The Labute approximate surface area is 152 Å². The topological polar surface area (TPSA) is 45.7 Å². The van der Waals surface area contributed by atoms with Crippen LogP contribution in [0.2, 0.25) is 0 Å². The highest BCUT2D eigenvalue weighted by atomic mass is 16.6. The summed E-state index contributed by atoms with van der Waals surface area (Å²) in [5.74, 6) is 1.68. The minimum atomic E-state index is -0.440. The van der Waals surface area contributed by atoms with Crippen molar-refractivity contribution in [3.8, 4) is 0 Å². The number of carbonyl (C=O) groups is 1. The number of hydrogen-bond donors (Lipinski definition) is 0. The Morgan fingerprint density at radius 2 is 2.00 bits per heavy atom. The van der Waals surface area contributed by atoms with Crippen molar-refractivity contribution in [3.63, 3.8) is 0 Å². The Bertz CT molecular complexity index is 573.